The van der Waals surface area contributed by atoms with E-state index in [1.807, 2.05) is 54.6 Å². The summed E-state index contributed by atoms with van der Waals surface area (Å²) >= 11 is 0. The summed E-state index contributed by atoms with van der Waals surface area (Å²) < 4.78 is 1.81. The number of hydrogen-bond acceptors (Lipinski definition) is 6. The van der Waals surface area contributed by atoms with E-state index >= 15 is 0 Å². The quantitative estimate of drug-likeness (QED) is 0.176. The first-order valence-electron chi connectivity index (χ1n) is 11.1. The highest BCUT2D eigenvalue weighted by Crippen LogP contribution is 2.51. The van der Waals surface area contributed by atoms with Crippen molar-refractivity contribution in [2.75, 3.05) is 0 Å². The van der Waals surface area contributed by atoms with E-state index in [-0.39, 0.29) is 16.2 Å². The van der Waals surface area contributed by atoms with Crippen molar-refractivity contribution in [3.05, 3.63) is 71.3 Å². The summed E-state index contributed by atoms with van der Waals surface area (Å²) in [5, 5.41) is 63.3. The fourth-order valence-corrected chi connectivity index (χ4v) is 4.99. The number of rotatable bonds is 3. The number of benzene rings is 4. The van der Waals surface area contributed by atoms with E-state index in [1.54, 1.807) is 25.3 Å². The van der Waals surface area contributed by atoms with Gasteiger partial charge >= 0.3 is 7.12 Å². The molecule has 0 aliphatic heterocycles. The molecule has 0 atom stereocenters. The molecule has 4 aromatic carbocycles. The van der Waals surface area contributed by atoms with Crippen LogP contribution < -0.4 is 5.46 Å². The van der Waals surface area contributed by atoms with Crippen LogP contribution in [0.1, 0.15) is 16.7 Å². The Balaban J connectivity index is 2.03. The third-order valence-electron chi connectivity index (χ3n) is 6.85. The van der Waals surface area contributed by atoms with Crippen LogP contribution in [0.5, 0.6) is 23.0 Å². The molecule has 0 saturated carbocycles. The average molecular weight is 469 g/mol. The molecule has 5 rings (SSSR count). The van der Waals surface area contributed by atoms with Gasteiger partial charge in [-0.25, -0.2) is 0 Å². The molecule has 0 spiro atoms. The molecule has 0 aliphatic carbocycles. The van der Waals surface area contributed by atoms with E-state index in [2.05, 4.69) is 0 Å². The number of aryl methyl sites for hydroxylation is 2. The molecule has 0 unspecified atom stereocenters. The van der Waals surface area contributed by atoms with Crippen molar-refractivity contribution in [2.45, 2.75) is 20.8 Å². The number of fused-ring (bicyclic) bond motifs is 3. The molecular formula is C27H24BNO6. The molecule has 5 aromatic rings. The van der Waals surface area contributed by atoms with Crippen molar-refractivity contribution in [1.82, 2.24) is 4.57 Å². The Morgan fingerprint density at radius 2 is 1.20 bits per heavy atom. The van der Waals surface area contributed by atoms with E-state index in [0.717, 1.165) is 11.1 Å². The molecule has 0 radical (unpaired) electrons. The predicted molar refractivity (Wildman–Crippen MR) is 137 cm³/mol. The topological polar surface area (TPSA) is 126 Å². The molecular weight excluding hydrogens is 445 g/mol. The highest BCUT2D eigenvalue weighted by Gasteiger charge is 2.31. The van der Waals surface area contributed by atoms with Crippen LogP contribution in [0.25, 0.3) is 38.6 Å². The molecule has 1 aromatic heterocycles. The van der Waals surface area contributed by atoms with Crippen LogP contribution in [0.15, 0.2) is 54.6 Å². The van der Waals surface area contributed by atoms with Gasteiger partial charge in [-0.2, -0.15) is 0 Å². The second-order valence-corrected chi connectivity index (χ2v) is 8.76. The van der Waals surface area contributed by atoms with Crippen molar-refractivity contribution in [1.29, 1.82) is 0 Å². The summed E-state index contributed by atoms with van der Waals surface area (Å²) in [6.07, 6.45) is 0. The standard InChI is InChI=1S/C27H24BNO6/c1-13-14(2)22-19(25(31)21(13)28(34)35)20-23(15(3)24(30)27(33)26(20)32)29(22)18-11-7-10-17(12-18)16-8-5-4-6-9-16/h4-12,30-35H,1-3H3. The van der Waals surface area contributed by atoms with E-state index in [4.69, 9.17) is 0 Å². The maximum Gasteiger partial charge on any atom is 0.492 e. The first kappa shape index (κ1) is 22.6. The molecule has 0 bridgehead atoms. The highest BCUT2D eigenvalue weighted by molar-refractivity contribution is 6.61. The zero-order chi connectivity index (χ0) is 25.2. The third-order valence-corrected chi connectivity index (χ3v) is 6.85. The lowest BCUT2D eigenvalue weighted by Gasteiger charge is -2.16. The van der Waals surface area contributed by atoms with E-state index in [9.17, 15) is 30.5 Å². The molecule has 35 heavy (non-hydrogen) atoms. The second kappa shape index (κ2) is 7.97. The van der Waals surface area contributed by atoms with Crippen molar-refractivity contribution in [3.63, 3.8) is 0 Å². The Kier molecular flexibility index (Phi) is 5.16. The van der Waals surface area contributed by atoms with Crippen molar-refractivity contribution >= 4 is 34.4 Å². The largest absolute Gasteiger partial charge is 0.508 e. The number of phenols is 4. The minimum Gasteiger partial charge on any atom is -0.508 e. The number of aromatic hydroxyl groups is 4. The van der Waals surface area contributed by atoms with Gasteiger partial charge in [0.05, 0.1) is 21.8 Å². The normalized spacial score (nSPS) is 11.5. The zero-order valence-electron chi connectivity index (χ0n) is 19.4. The first-order chi connectivity index (χ1) is 16.6. The number of aromatic nitrogens is 1. The van der Waals surface area contributed by atoms with Crippen LogP contribution >= 0.6 is 0 Å². The van der Waals surface area contributed by atoms with Gasteiger partial charge in [0, 0.05) is 16.7 Å². The second-order valence-electron chi connectivity index (χ2n) is 8.76. The van der Waals surface area contributed by atoms with Gasteiger partial charge < -0.3 is 35.0 Å². The zero-order valence-corrected chi connectivity index (χ0v) is 19.4. The Morgan fingerprint density at radius 3 is 1.86 bits per heavy atom. The molecule has 176 valence electrons. The molecule has 0 aliphatic rings. The molecule has 1 heterocycles. The van der Waals surface area contributed by atoms with Crippen LogP contribution in [-0.2, 0) is 0 Å². The maximum atomic E-state index is 11.2. The van der Waals surface area contributed by atoms with Crippen LogP contribution in [-0.4, -0.2) is 42.2 Å². The maximum absolute atomic E-state index is 11.2. The third kappa shape index (κ3) is 3.15. The monoisotopic (exact) mass is 469 g/mol. The van der Waals surface area contributed by atoms with Crippen LogP contribution in [0.4, 0.5) is 0 Å². The molecule has 0 fully saturated rings. The molecule has 8 heteroatoms. The predicted octanol–water partition coefficient (Wildman–Crippen LogP) is 3.88. The smallest absolute Gasteiger partial charge is 0.492 e. The number of phenolic OH excluding ortho intramolecular Hbond substituents is 4. The van der Waals surface area contributed by atoms with Gasteiger partial charge in [-0.15, -0.1) is 0 Å². The SMILES string of the molecule is Cc1c(B(O)O)c(O)c2c3c(O)c(O)c(O)c(C)c3n(-c3cccc(-c4ccccc4)c3)c2c1C. The van der Waals surface area contributed by atoms with Crippen molar-refractivity contribution in [2.24, 2.45) is 0 Å². The van der Waals surface area contributed by atoms with Gasteiger partial charge in [-0.05, 0) is 55.2 Å². The van der Waals surface area contributed by atoms with Crippen molar-refractivity contribution in [3.8, 4) is 39.8 Å². The molecule has 0 saturated heterocycles. The lowest BCUT2D eigenvalue weighted by Crippen LogP contribution is -2.33. The highest BCUT2D eigenvalue weighted by atomic mass is 16.4. The van der Waals surface area contributed by atoms with Gasteiger partial charge in [-0.1, -0.05) is 42.5 Å². The van der Waals surface area contributed by atoms with E-state index in [0.29, 0.717) is 33.4 Å². The summed E-state index contributed by atoms with van der Waals surface area (Å²) in [5.41, 5.74) is 4.82. The Hall–Kier alpha value is -4.14. The summed E-state index contributed by atoms with van der Waals surface area (Å²) in [7, 11) is -1.95. The molecule has 6 N–H and O–H groups in total. The van der Waals surface area contributed by atoms with Gasteiger partial charge in [0.1, 0.15) is 5.75 Å². The fourth-order valence-electron chi connectivity index (χ4n) is 4.99. The molecule has 7 nitrogen and oxygen atoms in total. The van der Waals surface area contributed by atoms with Gasteiger partial charge in [-0.3, -0.25) is 0 Å². The van der Waals surface area contributed by atoms with Crippen molar-refractivity contribution < 1.29 is 30.5 Å². The van der Waals surface area contributed by atoms with Crippen LogP contribution in [0, 0.1) is 20.8 Å². The lowest BCUT2D eigenvalue weighted by molar-refractivity contribution is 0.369. The van der Waals surface area contributed by atoms with Gasteiger partial charge in [0.2, 0.25) is 5.75 Å². The van der Waals surface area contributed by atoms with E-state index in [1.165, 1.54) is 0 Å². The Bertz CT molecular complexity index is 1640. The summed E-state index contributed by atoms with van der Waals surface area (Å²) in [6.45, 7) is 5.06. The minimum absolute atomic E-state index is 0.0864. The average Bonchev–Trinajstić information content (AvgIpc) is 3.22. The Labute approximate surface area is 201 Å². The fraction of sp³-hybridized carbons (Fsp3) is 0.111. The number of nitrogens with zero attached hydrogens (tertiary/aromatic N) is 1. The first-order valence-corrected chi connectivity index (χ1v) is 11.1. The summed E-state index contributed by atoms with van der Waals surface area (Å²) in [6, 6.07) is 17.5. The van der Waals surface area contributed by atoms with Crippen LogP contribution in [0.3, 0.4) is 0 Å². The lowest BCUT2D eigenvalue weighted by atomic mass is 9.74. The Morgan fingerprint density at radius 1 is 0.600 bits per heavy atom. The molecule has 0 amide bonds. The minimum atomic E-state index is -1.95. The van der Waals surface area contributed by atoms with E-state index < -0.39 is 30.1 Å². The van der Waals surface area contributed by atoms with Gasteiger partial charge in [0.25, 0.3) is 0 Å². The van der Waals surface area contributed by atoms with Gasteiger partial charge in [0.15, 0.2) is 11.5 Å². The summed E-state index contributed by atoms with van der Waals surface area (Å²) in [5.74, 6) is -2.21. The van der Waals surface area contributed by atoms with Crippen LogP contribution in [0.2, 0.25) is 0 Å². The summed E-state index contributed by atoms with van der Waals surface area (Å²) in [4.78, 5) is 0. The number of hydrogen-bond donors (Lipinski definition) is 6.